The van der Waals surface area contributed by atoms with Crippen molar-refractivity contribution in [3.8, 4) is 5.75 Å². The molecule has 7 nitrogen and oxygen atoms in total. The fraction of sp³-hybridized carbons (Fsp3) is 0.278. The van der Waals surface area contributed by atoms with Crippen molar-refractivity contribution in [3.63, 3.8) is 0 Å². The van der Waals surface area contributed by atoms with Crippen molar-refractivity contribution in [2.75, 3.05) is 13.7 Å². The molecule has 0 aliphatic carbocycles. The summed E-state index contributed by atoms with van der Waals surface area (Å²) in [5.41, 5.74) is 2.49. The number of para-hydroxylation sites is 2. The lowest BCUT2D eigenvalue weighted by Gasteiger charge is -2.12. The van der Waals surface area contributed by atoms with Gasteiger partial charge >= 0.3 is 0 Å². The molecule has 0 bridgehead atoms. The maximum atomic E-state index is 12.2. The predicted octanol–water partition coefficient (Wildman–Crippen LogP) is 1.33. The third-order valence-corrected chi connectivity index (χ3v) is 4.05. The van der Waals surface area contributed by atoms with Crippen LogP contribution in [-0.2, 0) is 17.9 Å². The summed E-state index contributed by atoms with van der Waals surface area (Å²) in [7, 11) is 1.44. The molecule has 0 saturated heterocycles. The molecule has 2 heterocycles. The fourth-order valence-corrected chi connectivity index (χ4v) is 2.69. The first-order chi connectivity index (χ1) is 12.1. The van der Waals surface area contributed by atoms with Gasteiger partial charge in [0.25, 0.3) is 0 Å². The van der Waals surface area contributed by atoms with Crippen LogP contribution in [0.5, 0.6) is 5.75 Å². The summed E-state index contributed by atoms with van der Waals surface area (Å²) >= 11 is 0. The van der Waals surface area contributed by atoms with Gasteiger partial charge in [-0.2, -0.15) is 0 Å². The van der Waals surface area contributed by atoms with Crippen LogP contribution in [0.4, 0.5) is 0 Å². The van der Waals surface area contributed by atoms with Gasteiger partial charge in [0.15, 0.2) is 5.75 Å². The first-order valence-corrected chi connectivity index (χ1v) is 8.00. The van der Waals surface area contributed by atoms with E-state index in [2.05, 4.69) is 10.3 Å². The lowest BCUT2D eigenvalue weighted by Crippen LogP contribution is -2.31. The molecule has 0 unspecified atom stereocenters. The van der Waals surface area contributed by atoms with Gasteiger partial charge in [0.05, 0.1) is 30.7 Å². The summed E-state index contributed by atoms with van der Waals surface area (Å²) in [5.74, 6) is 0.0986. The first-order valence-electron chi connectivity index (χ1n) is 8.00. The first kappa shape index (κ1) is 16.8. The Morgan fingerprint density at radius 1 is 1.28 bits per heavy atom. The van der Waals surface area contributed by atoms with Gasteiger partial charge < -0.3 is 19.2 Å². The maximum absolute atomic E-state index is 12.2. The van der Waals surface area contributed by atoms with Crippen LogP contribution in [-0.4, -0.2) is 33.7 Å². The minimum absolute atomic E-state index is 0.127. The molecule has 0 atom stereocenters. The molecule has 3 aromatic rings. The normalized spacial score (nSPS) is 10.8. The van der Waals surface area contributed by atoms with Crippen LogP contribution in [0.15, 0.2) is 47.7 Å². The molecule has 1 N–H and O–H groups in total. The molecule has 0 aliphatic rings. The van der Waals surface area contributed by atoms with Gasteiger partial charge in [-0.05, 0) is 19.1 Å². The number of benzene rings is 1. The third-order valence-electron chi connectivity index (χ3n) is 4.05. The standard InChI is InChI=1S/C18H20N4O3/c1-13-9-16(23)17(25-2)10-22(13)11-18(24)19-7-8-21-12-20-14-5-3-4-6-15(14)21/h3-6,9-10,12H,7-8,11H2,1-2H3,(H,19,24). The Kier molecular flexibility index (Phi) is 4.83. The van der Waals surface area contributed by atoms with Gasteiger partial charge in [0, 0.05) is 24.8 Å². The van der Waals surface area contributed by atoms with Crippen molar-refractivity contribution in [1.29, 1.82) is 0 Å². The molecular weight excluding hydrogens is 320 g/mol. The van der Waals surface area contributed by atoms with E-state index in [4.69, 9.17) is 4.74 Å². The molecule has 7 heteroatoms. The molecule has 25 heavy (non-hydrogen) atoms. The van der Waals surface area contributed by atoms with Crippen LogP contribution in [0.1, 0.15) is 5.69 Å². The number of imidazole rings is 1. The second kappa shape index (κ2) is 7.21. The maximum Gasteiger partial charge on any atom is 0.239 e. The van der Waals surface area contributed by atoms with Crippen LogP contribution < -0.4 is 15.5 Å². The van der Waals surface area contributed by atoms with Crippen LogP contribution in [0.25, 0.3) is 11.0 Å². The Bertz CT molecular complexity index is 958. The summed E-state index contributed by atoms with van der Waals surface area (Å²) in [6.45, 7) is 3.05. The van der Waals surface area contributed by atoms with E-state index in [1.807, 2.05) is 28.8 Å². The minimum Gasteiger partial charge on any atom is -0.491 e. The second-order valence-electron chi connectivity index (χ2n) is 5.75. The zero-order chi connectivity index (χ0) is 17.8. The van der Waals surface area contributed by atoms with Crippen molar-refractivity contribution < 1.29 is 9.53 Å². The lowest BCUT2D eigenvalue weighted by atomic mass is 10.3. The quantitative estimate of drug-likeness (QED) is 0.734. The van der Waals surface area contributed by atoms with E-state index in [1.165, 1.54) is 13.2 Å². The summed E-state index contributed by atoms with van der Waals surface area (Å²) < 4.78 is 8.72. The molecule has 2 aromatic heterocycles. The van der Waals surface area contributed by atoms with Crippen molar-refractivity contribution in [3.05, 3.63) is 58.8 Å². The molecule has 0 radical (unpaired) electrons. The number of aromatic nitrogens is 3. The van der Waals surface area contributed by atoms with E-state index in [-0.39, 0.29) is 23.6 Å². The van der Waals surface area contributed by atoms with E-state index >= 15 is 0 Å². The van der Waals surface area contributed by atoms with Crippen LogP contribution in [0.2, 0.25) is 0 Å². The smallest absolute Gasteiger partial charge is 0.239 e. The summed E-state index contributed by atoms with van der Waals surface area (Å²) in [6, 6.07) is 9.33. The number of carbonyl (C=O) groups is 1. The Morgan fingerprint density at radius 2 is 2.08 bits per heavy atom. The van der Waals surface area contributed by atoms with Gasteiger partial charge in [-0.25, -0.2) is 4.98 Å². The average molecular weight is 340 g/mol. The number of ether oxygens (including phenoxy) is 1. The summed E-state index contributed by atoms with van der Waals surface area (Å²) in [4.78, 5) is 28.2. The van der Waals surface area contributed by atoms with Crippen molar-refractivity contribution in [2.24, 2.45) is 0 Å². The number of rotatable bonds is 6. The highest BCUT2D eigenvalue weighted by atomic mass is 16.5. The number of hydrogen-bond donors (Lipinski definition) is 1. The Balaban J connectivity index is 1.59. The number of amides is 1. The highest BCUT2D eigenvalue weighted by Gasteiger charge is 2.08. The number of pyridine rings is 1. The fourth-order valence-electron chi connectivity index (χ4n) is 2.69. The van der Waals surface area contributed by atoms with Crippen molar-refractivity contribution >= 4 is 16.9 Å². The molecule has 0 aliphatic heterocycles. The minimum atomic E-state index is -0.191. The second-order valence-corrected chi connectivity index (χ2v) is 5.75. The van der Waals surface area contributed by atoms with Crippen LogP contribution >= 0.6 is 0 Å². The van der Waals surface area contributed by atoms with Gasteiger partial charge in [-0.3, -0.25) is 9.59 Å². The van der Waals surface area contributed by atoms with E-state index in [1.54, 1.807) is 24.0 Å². The van der Waals surface area contributed by atoms with Gasteiger partial charge in [-0.15, -0.1) is 0 Å². The van der Waals surface area contributed by atoms with E-state index in [9.17, 15) is 9.59 Å². The molecule has 1 aromatic carbocycles. The number of nitrogens with zero attached hydrogens (tertiary/aromatic N) is 3. The average Bonchev–Trinajstić information content (AvgIpc) is 3.01. The molecule has 0 saturated carbocycles. The summed E-state index contributed by atoms with van der Waals surface area (Å²) in [5, 5.41) is 2.89. The number of aryl methyl sites for hydroxylation is 1. The van der Waals surface area contributed by atoms with Crippen molar-refractivity contribution in [2.45, 2.75) is 20.0 Å². The highest BCUT2D eigenvalue weighted by Crippen LogP contribution is 2.11. The van der Waals surface area contributed by atoms with E-state index in [0.717, 1.165) is 11.0 Å². The summed E-state index contributed by atoms with van der Waals surface area (Å²) in [6.07, 6.45) is 3.33. The topological polar surface area (TPSA) is 78.2 Å². The Hall–Kier alpha value is -3.09. The largest absolute Gasteiger partial charge is 0.491 e. The number of nitrogens with one attached hydrogen (secondary N) is 1. The number of carbonyl (C=O) groups excluding carboxylic acids is 1. The van der Waals surface area contributed by atoms with Crippen molar-refractivity contribution in [1.82, 2.24) is 19.4 Å². The lowest BCUT2D eigenvalue weighted by molar-refractivity contribution is -0.121. The molecule has 0 fully saturated rings. The zero-order valence-electron chi connectivity index (χ0n) is 14.2. The molecule has 0 spiro atoms. The Labute approximate surface area is 144 Å². The number of hydrogen-bond acceptors (Lipinski definition) is 4. The van der Waals surface area contributed by atoms with E-state index < -0.39 is 0 Å². The van der Waals surface area contributed by atoms with Crippen LogP contribution in [0, 0.1) is 6.92 Å². The van der Waals surface area contributed by atoms with Crippen LogP contribution in [0.3, 0.4) is 0 Å². The third kappa shape index (κ3) is 3.71. The van der Waals surface area contributed by atoms with Gasteiger partial charge in [0.2, 0.25) is 11.3 Å². The van der Waals surface area contributed by atoms with Gasteiger partial charge in [-0.1, -0.05) is 12.1 Å². The SMILES string of the molecule is COc1cn(CC(=O)NCCn2cnc3ccccc32)c(C)cc1=O. The Morgan fingerprint density at radius 3 is 2.88 bits per heavy atom. The monoisotopic (exact) mass is 340 g/mol. The van der Waals surface area contributed by atoms with Gasteiger partial charge in [0.1, 0.15) is 6.54 Å². The predicted molar refractivity (Wildman–Crippen MR) is 94.7 cm³/mol. The number of fused-ring (bicyclic) bond motifs is 1. The molecule has 1 amide bonds. The molecule has 3 rings (SSSR count). The van der Waals surface area contributed by atoms with E-state index in [0.29, 0.717) is 18.8 Å². The zero-order valence-corrected chi connectivity index (χ0v) is 14.2. The molecular formula is C18H20N4O3. The number of methoxy groups -OCH3 is 1. The highest BCUT2D eigenvalue weighted by molar-refractivity contribution is 5.76. The molecule has 130 valence electrons.